The minimum atomic E-state index is -0.636. The number of esters is 1. The highest BCUT2D eigenvalue weighted by Crippen LogP contribution is 2.27. The Morgan fingerprint density at radius 1 is 1.14 bits per heavy atom. The van der Waals surface area contributed by atoms with Crippen molar-refractivity contribution in [1.82, 2.24) is 19.5 Å². The molecule has 3 aromatic rings. The van der Waals surface area contributed by atoms with Crippen molar-refractivity contribution in [2.45, 2.75) is 72.6 Å². The topological polar surface area (TPSA) is 111 Å². The van der Waals surface area contributed by atoms with Crippen LogP contribution in [0.1, 0.15) is 59.6 Å². The number of carbonyl (C=O) groups is 1. The Balaban J connectivity index is 1.91. The Morgan fingerprint density at radius 3 is 2.46 bits per heavy atom. The van der Waals surface area contributed by atoms with Crippen molar-refractivity contribution in [3.8, 4) is 0 Å². The fourth-order valence-corrected chi connectivity index (χ4v) is 3.70. The summed E-state index contributed by atoms with van der Waals surface area (Å²) < 4.78 is 7.54. The predicted octanol–water partition coefficient (Wildman–Crippen LogP) is 4.15. The third kappa shape index (κ3) is 6.48. The van der Waals surface area contributed by atoms with Crippen LogP contribution in [-0.2, 0) is 16.1 Å². The maximum Gasteiger partial charge on any atom is 0.323 e. The highest BCUT2D eigenvalue weighted by Gasteiger charge is 2.22. The molecule has 3 N–H and O–H groups in total. The van der Waals surface area contributed by atoms with Gasteiger partial charge in [0.05, 0.1) is 12.4 Å². The number of anilines is 2. The standard InChI is InChI=1S/C26H39N7O2/c1-7-20(15-35-25(34)21(27)17(3)4)29-26-30-23(22-24(31-26)33(16-28-22)18(5)6)32(8-2)14-19-12-10-9-11-13-19/h9-13,16-18,20-21H,7-8,14-15,27H2,1-6H3,(H,29,30,31)/t20-,21+/m1/s1. The average Bonchev–Trinajstić information content (AvgIpc) is 3.28. The lowest BCUT2D eigenvalue weighted by Gasteiger charge is -2.24. The molecule has 0 fully saturated rings. The molecule has 2 heterocycles. The number of nitrogens with two attached hydrogens (primary N) is 1. The number of nitrogens with one attached hydrogen (secondary N) is 1. The monoisotopic (exact) mass is 481 g/mol. The molecule has 0 saturated carbocycles. The van der Waals surface area contributed by atoms with Crippen molar-refractivity contribution in [2.75, 3.05) is 23.4 Å². The van der Waals surface area contributed by atoms with Gasteiger partial charge < -0.3 is 25.3 Å². The van der Waals surface area contributed by atoms with E-state index >= 15 is 0 Å². The van der Waals surface area contributed by atoms with E-state index in [-0.39, 0.29) is 24.6 Å². The van der Waals surface area contributed by atoms with Crippen LogP contribution in [0.15, 0.2) is 36.7 Å². The van der Waals surface area contributed by atoms with Gasteiger partial charge in [0, 0.05) is 19.1 Å². The second-order valence-corrected chi connectivity index (χ2v) is 9.44. The van der Waals surface area contributed by atoms with Crippen LogP contribution in [0, 0.1) is 5.92 Å². The fraction of sp³-hybridized carbons (Fsp3) is 0.538. The first kappa shape index (κ1) is 26.4. The quantitative estimate of drug-likeness (QED) is 0.371. The summed E-state index contributed by atoms with van der Waals surface area (Å²) in [5.41, 5.74) is 8.66. The number of carbonyl (C=O) groups excluding carboxylic acids is 1. The van der Waals surface area contributed by atoms with Crippen molar-refractivity contribution in [1.29, 1.82) is 0 Å². The molecule has 0 unspecified atom stereocenters. The Morgan fingerprint density at radius 2 is 1.86 bits per heavy atom. The molecule has 0 aliphatic carbocycles. The summed E-state index contributed by atoms with van der Waals surface area (Å²) in [6.45, 7) is 13.8. The zero-order chi connectivity index (χ0) is 25.5. The van der Waals surface area contributed by atoms with Crippen LogP contribution in [0.25, 0.3) is 11.2 Å². The van der Waals surface area contributed by atoms with Crippen LogP contribution in [0.2, 0.25) is 0 Å². The number of aromatic nitrogens is 4. The molecule has 0 radical (unpaired) electrons. The SMILES string of the molecule is CC[C@H](COC(=O)[C@@H](N)C(C)C)Nc1nc(N(CC)Cc2ccccc2)c2ncn(C(C)C)c2n1. The molecule has 0 spiro atoms. The van der Waals surface area contributed by atoms with E-state index in [4.69, 9.17) is 20.4 Å². The van der Waals surface area contributed by atoms with Crippen molar-refractivity contribution in [3.63, 3.8) is 0 Å². The van der Waals surface area contributed by atoms with Crippen molar-refractivity contribution < 1.29 is 9.53 Å². The van der Waals surface area contributed by atoms with Gasteiger partial charge in [0.2, 0.25) is 5.95 Å². The number of imidazole rings is 1. The second-order valence-electron chi connectivity index (χ2n) is 9.44. The van der Waals surface area contributed by atoms with Gasteiger partial charge >= 0.3 is 5.97 Å². The number of benzene rings is 1. The summed E-state index contributed by atoms with van der Waals surface area (Å²) in [4.78, 5) is 28.8. The van der Waals surface area contributed by atoms with Gasteiger partial charge in [-0.25, -0.2) is 4.98 Å². The molecule has 1 aromatic carbocycles. The first-order valence-corrected chi connectivity index (χ1v) is 12.5. The van der Waals surface area contributed by atoms with E-state index in [9.17, 15) is 4.79 Å². The zero-order valence-electron chi connectivity index (χ0n) is 21.7. The van der Waals surface area contributed by atoms with Gasteiger partial charge in [-0.3, -0.25) is 4.79 Å². The van der Waals surface area contributed by atoms with E-state index in [2.05, 4.69) is 48.1 Å². The highest BCUT2D eigenvalue weighted by molar-refractivity contribution is 5.85. The van der Waals surface area contributed by atoms with Crippen LogP contribution >= 0.6 is 0 Å². The van der Waals surface area contributed by atoms with Crippen molar-refractivity contribution in [2.24, 2.45) is 11.7 Å². The molecule has 0 bridgehead atoms. The van der Waals surface area contributed by atoms with Crippen LogP contribution in [0.5, 0.6) is 0 Å². The molecule has 9 nitrogen and oxygen atoms in total. The normalized spacial score (nSPS) is 13.3. The molecular formula is C26H39N7O2. The number of ether oxygens (including phenoxy) is 1. The minimum Gasteiger partial charge on any atom is -0.462 e. The van der Waals surface area contributed by atoms with Gasteiger partial charge in [-0.05, 0) is 38.7 Å². The highest BCUT2D eigenvalue weighted by atomic mass is 16.5. The lowest BCUT2D eigenvalue weighted by atomic mass is 10.1. The second kappa shape index (κ2) is 12.0. The average molecular weight is 482 g/mol. The van der Waals surface area contributed by atoms with E-state index in [1.807, 2.05) is 49.9 Å². The van der Waals surface area contributed by atoms with Gasteiger partial charge in [0.1, 0.15) is 12.6 Å². The number of rotatable bonds is 12. The molecule has 190 valence electrons. The summed E-state index contributed by atoms with van der Waals surface area (Å²) in [6, 6.07) is 9.72. The Kier molecular flexibility index (Phi) is 9.03. The third-order valence-electron chi connectivity index (χ3n) is 6.10. The van der Waals surface area contributed by atoms with Crippen LogP contribution in [-0.4, -0.2) is 50.7 Å². The van der Waals surface area contributed by atoms with Crippen LogP contribution < -0.4 is 16.0 Å². The maximum absolute atomic E-state index is 12.2. The smallest absolute Gasteiger partial charge is 0.323 e. The summed E-state index contributed by atoms with van der Waals surface area (Å²) in [7, 11) is 0. The summed E-state index contributed by atoms with van der Waals surface area (Å²) in [5.74, 6) is 0.884. The molecule has 0 saturated heterocycles. The fourth-order valence-electron chi connectivity index (χ4n) is 3.70. The molecule has 0 amide bonds. The molecule has 2 atom stereocenters. The molecule has 0 aliphatic heterocycles. The Hall–Kier alpha value is -3.20. The molecule has 3 rings (SSSR count). The Labute approximate surface area is 208 Å². The lowest BCUT2D eigenvalue weighted by Crippen LogP contribution is -2.39. The summed E-state index contributed by atoms with van der Waals surface area (Å²) in [6.07, 6.45) is 2.55. The number of hydrogen-bond donors (Lipinski definition) is 2. The molecule has 2 aromatic heterocycles. The van der Waals surface area contributed by atoms with E-state index < -0.39 is 12.0 Å². The summed E-state index contributed by atoms with van der Waals surface area (Å²) in [5, 5.41) is 3.38. The first-order valence-electron chi connectivity index (χ1n) is 12.5. The zero-order valence-corrected chi connectivity index (χ0v) is 21.7. The van der Waals surface area contributed by atoms with Crippen molar-refractivity contribution >= 4 is 28.9 Å². The van der Waals surface area contributed by atoms with Gasteiger partial charge in [0.25, 0.3) is 0 Å². The molecular weight excluding hydrogens is 442 g/mol. The molecule has 0 aliphatic rings. The first-order chi connectivity index (χ1) is 16.7. The van der Waals surface area contributed by atoms with E-state index in [0.29, 0.717) is 12.5 Å². The van der Waals surface area contributed by atoms with Gasteiger partial charge in [-0.15, -0.1) is 0 Å². The van der Waals surface area contributed by atoms with E-state index in [1.165, 1.54) is 5.56 Å². The van der Waals surface area contributed by atoms with Gasteiger partial charge in [0.15, 0.2) is 17.0 Å². The predicted molar refractivity (Wildman–Crippen MR) is 140 cm³/mol. The number of fused-ring (bicyclic) bond motifs is 1. The minimum absolute atomic E-state index is 0.0183. The van der Waals surface area contributed by atoms with Crippen LogP contribution in [0.3, 0.4) is 0 Å². The summed E-state index contributed by atoms with van der Waals surface area (Å²) >= 11 is 0. The van der Waals surface area contributed by atoms with E-state index in [1.54, 1.807) is 0 Å². The van der Waals surface area contributed by atoms with Gasteiger partial charge in [-0.1, -0.05) is 51.1 Å². The maximum atomic E-state index is 12.2. The number of nitrogens with zero attached hydrogens (tertiary/aromatic N) is 5. The molecule has 35 heavy (non-hydrogen) atoms. The number of hydrogen-bond acceptors (Lipinski definition) is 8. The third-order valence-corrected chi connectivity index (χ3v) is 6.10. The Bertz CT molecular complexity index is 1100. The van der Waals surface area contributed by atoms with Crippen LogP contribution in [0.4, 0.5) is 11.8 Å². The van der Waals surface area contributed by atoms with Gasteiger partial charge in [-0.2, -0.15) is 9.97 Å². The van der Waals surface area contributed by atoms with E-state index in [0.717, 1.165) is 29.9 Å². The molecule has 9 heteroatoms. The van der Waals surface area contributed by atoms with Crippen molar-refractivity contribution in [3.05, 3.63) is 42.2 Å². The lowest BCUT2D eigenvalue weighted by molar-refractivity contribution is -0.146. The largest absolute Gasteiger partial charge is 0.462 e.